The summed E-state index contributed by atoms with van der Waals surface area (Å²) in [4.78, 5) is 22.8. The Morgan fingerprint density at radius 2 is 2.20 bits per heavy atom. The van der Waals surface area contributed by atoms with E-state index >= 15 is 0 Å². The molecule has 0 radical (unpaired) electrons. The van der Waals surface area contributed by atoms with Crippen molar-refractivity contribution in [2.24, 2.45) is 5.92 Å². The molecule has 0 saturated carbocycles. The summed E-state index contributed by atoms with van der Waals surface area (Å²) in [6.45, 7) is 2.13. The molecule has 1 unspecified atom stereocenters. The van der Waals surface area contributed by atoms with Crippen molar-refractivity contribution in [3.63, 3.8) is 0 Å². The lowest BCUT2D eigenvalue weighted by Gasteiger charge is -2.18. The van der Waals surface area contributed by atoms with Gasteiger partial charge in [-0.3, -0.25) is 4.79 Å². The molecule has 0 saturated heterocycles. The molecule has 0 aromatic heterocycles. The van der Waals surface area contributed by atoms with Gasteiger partial charge < -0.3 is 15.3 Å². The van der Waals surface area contributed by atoms with E-state index in [0.29, 0.717) is 6.54 Å². The third kappa shape index (κ3) is 6.32. The molecule has 0 rings (SSSR count). The van der Waals surface area contributed by atoms with E-state index in [4.69, 9.17) is 10.4 Å². The number of nitrogens with zero attached hydrogens (tertiary/aromatic N) is 2. The zero-order valence-corrected chi connectivity index (χ0v) is 8.86. The van der Waals surface area contributed by atoms with Crippen LogP contribution >= 0.6 is 0 Å². The average Bonchev–Trinajstić information content (AvgIpc) is 2.16. The highest BCUT2D eigenvalue weighted by Crippen LogP contribution is 1.95. The van der Waals surface area contributed by atoms with Crippen molar-refractivity contribution in [3.05, 3.63) is 0 Å². The topological polar surface area (TPSA) is 93.4 Å². The molecule has 0 spiro atoms. The average molecular weight is 213 g/mol. The predicted molar refractivity (Wildman–Crippen MR) is 53.1 cm³/mol. The van der Waals surface area contributed by atoms with Crippen LogP contribution in [0, 0.1) is 17.2 Å². The molecule has 0 bridgehead atoms. The molecule has 0 fully saturated rings. The van der Waals surface area contributed by atoms with Crippen molar-refractivity contribution in [2.75, 3.05) is 20.1 Å². The number of nitriles is 1. The minimum Gasteiger partial charge on any atom is -0.481 e. The van der Waals surface area contributed by atoms with Gasteiger partial charge in [0.05, 0.1) is 18.4 Å². The van der Waals surface area contributed by atoms with Crippen LogP contribution in [0.15, 0.2) is 0 Å². The van der Waals surface area contributed by atoms with Gasteiger partial charge in [0.2, 0.25) is 0 Å². The Balaban J connectivity index is 3.80. The number of nitrogens with one attached hydrogen (secondary N) is 1. The summed E-state index contributed by atoms with van der Waals surface area (Å²) < 4.78 is 0. The molecule has 0 heterocycles. The van der Waals surface area contributed by atoms with Crippen LogP contribution in [-0.2, 0) is 4.79 Å². The van der Waals surface area contributed by atoms with Crippen LogP contribution in [0.2, 0.25) is 0 Å². The molecule has 0 aliphatic rings. The van der Waals surface area contributed by atoms with Crippen LogP contribution in [0.25, 0.3) is 0 Å². The third-order valence-corrected chi connectivity index (χ3v) is 1.73. The van der Waals surface area contributed by atoms with Gasteiger partial charge in [-0.05, 0) is 6.92 Å². The van der Waals surface area contributed by atoms with Crippen molar-refractivity contribution in [1.29, 1.82) is 5.26 Å². The molecule has 0 aliphatic heterocycles. The van der Waals surface area contributed by atoms with Gasteiger partial charge in [0, 0.05) is 20.1 Å². The Hall–Kier alpha value is -1.77. The predicted octanol–water partition coefficient (Wildman–Crippen LogP) is 0.262. The summed E-state index contributed by atoms with van der Waals surface area (Å²) in [5.74, 6) is -1.19. The molecular weight excluding hydrogens is 198 g/mol. The van der Waals surface area contributed by atoms with E-state index in [0.717, 1.165) is 0 Å². The van der Waals surface area contributed by atoms with E-state index in [1.165, 1.54) is 4.90 Å². The van der Waals surface area contributed by atoms with Crippen LogP contribution in [0.4, 0.5) is 4.79 Å². The van der Waals surface area contributed by atoms with E-state index in [9.17, 15) is 9.59 Å². The summed E-state index contributed by atoms with van der Waals surface area (Å²) in [6.07, 6.45) is -0.104. The van der Waals surface area contributed by atoms with Crippen molar-refractivity contribution in [2.45, 2.75) is 13.3 Å². The van der Waals surface area contributed by atoms with Gasteiger partial charge in [-0.2, -0.15) is 5.26 Å². The van der Waals surface area contributed by atoms with E-state index in [1.807, 2.05) is 6.07 Å². The van der Waals surface area contributed by atoms with Gasteiger partial charge >= 0.3 is 12.0 Å². The Bertz CT molecular complexity index is 272. The van der Waals surface area contributed by atoms with Gasteiger partial charge in [0.25, 0.3) is 0 Å². The maximum Gasteiger partial charge on any atom is 0.317 e. The number of amides is 2. The minimum atomic E-state index is -0.955. The van der Waals surface area contributed by atoms with Crippen molar-refractivity contribution >= 4 is 12.0 Å². The molecule has 0 aliphatic carbocycles. The molecule has 0 aromatic rings. The van der Waals surface area contributed by atoms with Gasteiger partial charge in [-0.15, -0.1) is 0 Å². The molecular formula is C9H15N3O3. The molecule has 2 amide bonds. The standard InChI is InChI=1S/C9H15N3O3/c1-7(5-10)6-12(2)9(15)11-4-3-8(13)14/h7H,3-4,6H2,1-2H3,(H,11,15)(H,13,14). The second-order valence-electron chi connectivity index (χ2n) is 3.29. The molecule has 0 aromatic carbocycles. The smallest absolute Gasteiger partial charge is 0.317 e. The fraction of sp³-hybridized carbons (Fsp3) is 0.667. The normalized spacial score (nSPS) is 11.3. The van der Waals surface area contributed by atoms with Crippen molar-refractivity contribution in [1.82, 2.24) is 10.2 Å². The minimum absolute atomic E-state index is 0.0967. The van der Waals surface area contributed by atoms with Crippen LogP contribution in [0.1, 0.15) is 13.3 Å². The van der Waals surface area contributed by atoms with Crippen LogP contribution < -0.4 is 5.32 Å². The number of hydrogen-bond acceptors (Lipinski definition) is 3. The van der Waals surface area contributed by atoms with E-state index < -0.39 is 5.97 Å². The first kappa shape index (κ1) is 13.2. The summed E-state index contributed by atoms with van der Waals surface area (Å²) >= 11 is 0. The number of carbonyl (C=O) groups excluding carboxylic acids is 1. The van der Waals surface area contributed by atoms with Crippen LogP contribution in [0.5, 0.6) is 0 Å². The molecule has 15 heavy (non-hydrogen) atoms. The van der Waals surface area contributed by atoms with Gasteiger partial charge in [0.1, 0.15) is 0 Å². The Morgan fingerprint density at radius 1 is 1.60 bits per heavy atom. The van der Waals surface area contributed by atoms with Gasteiger partial charge in [0.15, 0.2) is 0 Å². The highest BCUT2D eigenvalue weighted by Gasteiger charge is 2.11. The highest BCUT2D eigenvalue weighted by atomic mass is 16.4. The monoisotopic (exact) mass is 213 g/mol. The SMILES string of the molecule is CC(C#N)CN(C)C(=O)NCCC(=O)O. The van der Waals surface area contributed by atoms with Gasteiger partial charge in [-0.25, -0.2) is 4.79 Å². The fourth-order valence-electron chi connectivity index (χ4n) is 0.946. The zero-order valence-electron chi connectivity index (χ0n) is 8.86. The van der Waals surface area contributed by atoms with E-state index in [-0.39, 0.29) is 24.9 Å². The Labute approximate surface area is 88.5 Å². The summed E-state index contributed by atoms with van der Waals surface area (Å²) in [5.41, 5.74) is 0. The number of urea groups is 1. The summed E-state index contributed by atoms with van der Waals surface area (Å²) in [7, 11) is 1.56. The molecule has 1 atom stereocenters. The maximum absolute atomic E-state index is 11.3. The Morgan fingerprint density at radius 3 is 2.67 bits per heavy atom. The lowest BCUT2D eigenvalue weighted by atomic mass is 10.2. The number of rotatable bonds is 5. The Kier molecular flexibility index (Phi) is 5.86. The lowest BCUT2D eigenvalue weighted by molar-refractivity contribution is -0.136. The number of aliphatic carboxylic acids is 1. The molecule has 6 heteroatoms. The number of hydrogen-bond donors (Lipinski definition) is 2. The third-order valence-electron chi connectivity index (χ3n) is 1.73. The van der Waals surface area contributed by atoms with E-state index in [1.54, 1.807) is 14.0 Å². The largest absolute Gasteiger partial charge is 0.481 e. The number of carbonyl (C=O) groups is 2. The summed E-state index contributed by atoms with van der Waals surface area (Å²) in [5, 5.41) is 19.3. The molecule has 6 nitrogen and oxygen atoms in total. The number of carboxylic acids is 1. The lowest BCUT2D eigenvalue weighted by Crippen LogP contribution is -2.40. The second-order valence-corrected chi connectivity index (χ2v) is 3.29. The first-order valence-corrected chi connectivity index (χ1v) is 4.57. The van der Waals surface area contributed by atoms with Crippen molar-refractivity contribution in [3.8, 4) is 6.07 Å². The van der Waals surface area contributed by atoms with Gasteiger partial charge in [-0.1, -0.05) is 0 Å². The first-order chi connectivity index (χ1) is 6.97. The molecule has 2 N–H and O–H groups in total. The summed E-state index contributed by atoms with van der Waals surface area (Å²) in [6, 6.07) is 1.65. The quantitative estimate of drug-likeness (QED) is 0.685. The van der Waals surface area contributed by atoms with E-state index in [2.05, 4.69) is 5.32 Å². The fourth-order valence-corrected chi connectivity index (χ4v) is 0.946. The first-order valence-electron chi connectivity index (χ1n) is 4.57. The van der Waals surface area contributed by atoms with Crippen LogP contribution in [-0.4, -0.2) is 42.1 Å². The highest BCUT2D eigenvalue weighted by molar-refractivity contribution is 5.74. The molecule has 84 valence electrons. The number of carboxylic acid groups (broad SMARTS) is 1. The second kappa shape index (κ2) is 6.65. The van der Waals surface area contributed by atoms with Crippen molar-refractivity contribution < 1.29 is 14.7 Å². The maximum atomic E-state index is 11.3. The van der Waals surface area contributed by atoms with Crippen LogP contribution in [0.3, 0.4) is 0 Å². The zero-order chi connectivity index (χ0) is 11.8.